The second-order valence-electron chi connectivity index (χ2n) is 6.85. The second-order valence-corrected chi connectivity index (χ2v) is 6.85. The van der Waals surface area contributed by atoms with Crippen molar-refractivity contribution >= 4 is 0 Å². The van der Waals surface area contributed by atoms with Gasteiger partial charge in [0.15, 0.2) is 0 Å². The molecule has 0 aliphatic rings. The number of nitrogens with zero attached hydrogens (tertiary/aromatic N) is 2. The fourth-order valence-electron chi connectivity index (χ4n) is 3.12. The Morgan fingerprint density at radius 2 is 1.35 bits per heavy atom. The van der Waals surface area contributed by atoms with Crippen LogP contribution in [0.15, 0.2) is 91.0 Å². The molecule has 0 spiro atoms. The molecule has 0 unspecified atom stereocenters. The van der Waals surface area contributed by atoms with Gasteiger partial charge in [0, 0.05) is 17.2 Å². The number of pyridine rings is 1. The first kappa shape index (κ1) is 20.1. The van der Waals surface area contributed by atoms with E-state index in [9.17, 15) is 9.65 Å². The van der Waals surface area contributed by atoms with Crippen LogP contribution in [0, 0.1) is 17.1 Å². The molecule has 0 radical (unpaired) electrons. The predicted molar refractivity (Wildman–Crippen MR) is 116 cm³/mol. The molecule has 1 aromatic heterocycles. The summed E-state index contributed by atoms with van der Waals surface area (Å²) in [6.45, 7) is 0.664. The largest absolute Gasteiger partial charge is 0.473 e. The van der Waals surface area contributed by atoms with E-state index < -0.39 is 5.82 Å². The molecule has 0 bridgehead atoms. The Labute approximate surface area is 180 Å². The fourth-order valence-corrected chi connectivity index (χ4v) is 3.12. The van der Waals surface area contributed by atoms with Crippen molar-refractivity contribution in [2.24, 2.45) is 0 Å². The third-order valence-electron chi connectivity index (χ3n) is 4.67. The summed E-state index contributed by atoms with van der Waals surface area (Å²) < 4.78 is 25.5. The summed E-state index contributed by atoms with van der Waals surface area (Å²) in [6, 6.07) is 29.1. The molecule has 31 heavy (non-hydrogen) atoms. The highest BCUT2D eigenvalue weighted by Crippen LogP contribution is 2.33. The third-order valence-corrected chi connectivity index (χ3v) is 4.67. The third kappa shape index (κ3) is 5.06. The molecule has 0 atom stereocenters. The monoisotopic (exact) mass is 410 g/mol. The average Bonchev–Trinajstić information content (AvgIpc) is 2.83. The number of rotatable bonds is 7. The van der Waals surface area contributed by atoms with Gasteiger partial charge in [0.25, 0.3) is 0 Å². The van der Waals surface area contributed by atoms with Crippen molar-refractivity contribution < 1.29 is 13.9 Å². The molecule has 0 aliphatic heterocycles. The minimum absolute atomic E-state index is 0.212. The summed E-state index contributed by atoms with van der Waals surface area (Å²) in [5.74, 6) is 0.247. The van der Waals surface area contributed by atoms with E-state index in [1.807, 2.05) is 66.7 Å². The van der Waals surface area contributed by atoms with Crippen LogP contribution < -0.4 is 9.47 Å². The van der Waals surface area contributed by atoms with E-state index in [4.69, 9.17) is 9.47 Å². The molecular weight excluding hydrogens is 391 g/mol. The van der Waals surface area contributed by atoms with Gasteiger partial charge in [-0.3, -0.25) is 0 Å². The van der Waals surface area contributed by atoms with Crippen LogP contribution in [0.3, 0.4) is 0 Å². The lowest BCUT2D eigenvalue weighted by Gasteiger charge is -2.14. The first-order chi connectivity index (χ1) is 15.2. The zero-order valence-corrected chi connectivity index (χ0v) is 16.7. The van der Waals surface area contributed by atoms with Crippen LogP contribution in [-0.4, -0.2) is 4.98 Å². The minimum Gasteiger partial charge on any atom is -0.473 e. The Balaban J connectivity index is 1.65. The van der Waals surface area contributed by atoms with E-state index in [0.29, 0.717) is 36.1 Å². The van der Waals surface area contributed by atoms with Crippen molar-refractivity contribution in [2.75, 3.05) is 0 Å². The van der Waals surface area contributed by atoms with Gasteiger partial charge in [-0.05, 0) is 35.4 Å². The van der Waals surface area contributed by atoms with Gasteiger partial charge in [-0.1, -0.05) is 60.7 Å². The zero-order chi connectivity index (χ0) is 21.5. The number of nitriles is 1. The maximum atomic E-state index is 13.6. The SMILES string of the molecule is N#Cc1cc(F)ccc1-c1ccc(OCc2ccccc2)nc1OCc1ccccc1. The van der Waals surface area contributed by atoms with Gasteiger partial charge >= 0.3 is 0 Å². The summed E-state index contributed by atoms with van der Waals surface area (Å²) in [6.07, 6.45) is 0. The predicted octanol–water partition coefficient (Wildman–Crippen LogP) is 5.92. The molecule has 0 amide bonds. The van der Waals surface area contributed by atoms with Gasteiger partial charge in [-0.2, -0.15) is 10.2 Å². The normalized spacial score (nSPS) is 10.3. The number of hydrogen-bond acceptors (Lipinski definition) is 4. The molecule has 0 fully saturated rings. The molecule has 4 aromatic rings. The maximum Gasteiger partial charge on any atom is 0.225 e. The quantitative estimate of drug-likeness (QED) is 0.380. The number of ether oxygens (including phenoxy) is 2. The van der Waals surface area contributed by atoms with Crippen LogP contribution in [0.25, 0.3) is 11.1 Å². The van der Waals surface area contributed by atoms with Gasteiger partial charge in [0.05, 0.1) is 11.6 Å². The zero-order valence-electron chi connectivity index (χ0n) is 16.7. The van der Waals surface area contributed by atoms with Crippen LogP contribution in [0.1, 0.15) is 16.7 Å². The lowest BCUT2D eigenvalue weighted by Crippen LogP contribution is -2.03. The summed E-state index contributed by atoms with van der Waals surface area (Å²) in [7, 11) is 0. The number of hydrogen-bond donors (Lipinski definition) is 0. The van der Waals surface area contributed by atoms with Crippen molar-refractivity contribution in [3.8, 4) is 29.0 Å². The van der Waals surface area contributed by atoms with Crippen molar-refractivity contribution in [3.63, 3.8) is 0 Å². The summed E-state index contributed by atoms with van der Waals surface area (Å²) in [4.78, 5) is 4.53. The van der Waals surface area contributed by atoms with E-state index in [1.54, 1.807) is 18.2 Å². The van der Waals surface area contributed by atoms with E-state index in [2.05, 4.69) is 4.98 Å². The summed E-state index contributed by atoms with van der Waals surface area (Å²) in [5.41, 5.74) is 3.36. The van der Waals surface area contributed by atoms with E-state index in [1.165, 1.54) is 12.1 Å². The number of aromatic nitrogens is 1. The molecule has 0 saturated heterocycles. The van der Waals surface area contributed by atoms with Gasteiger partial charge in [0.1, 0.15) is 19.0 Å². The van der Waals surface area contributed by atoms with Gasteiger partial charge in [-0.15, -0.1) is 0 Å². The molecule has 0 N–H and O–H groups in total. The molecular formula is C26H19FN2O2. The Bertz CT molecular complexity index is 1210. The van der Waals surface area contributed by atoms with Crippen LogP contribution in [-0.2, 0) is 13.2 Å². The molecule has 0 saturated carbocycles. The number of benzene rings is 3. The standard InChI is InChI=1S/C26H19FN2O2/c27-22-11-12-23(21(15-22)16-28)24-13-14-25(30-17-19-7-3-1-4-8-19)29-26(24)31-18-20-9-5-2-6-10-20/h1-15H,17-18H2. The highest BCUT2D eigenvalue weighted by Gasteiger charge is 2.15. The Morgan fingerprint density at radius 3 is 2.00 bits per heavy atom. The van der Waals surface area contributed by atoms with Crippen LogP contribution in [0.5, 0.6) is 11.8 Å². The van der Waals surface area contributed by atoms with Crippen molar-refractivity contribution in [1.82, 2.24) is 4.98 Å². The fraction of sp³-hybridized carbons (Fsp3) is 0.0769. The Kier molecular flexibility index (Phi) is 6.20. The molecule has 3 aromatic carbocycles. The van der Waals surface area contributed by atoms with Crippen LogP contribution in [0.4, 0.5) is 4.39 Å². The van der Waals surface area contributed by atoms with Crippen molar-refractivity contribution in [1.29, 1.82) is 5.26 Å². The lowest BCUT2D eigenvalue weighted by molar-refractivity contribution is 0.268. The van der Waals surface area contributed by atoms with Crippen molar-refractivity contribution in [3.05, 3.63) is 114 Å². The highest BCUT2D eigenvalue weighted by molar-refractivity contribution is 5.74. The first-order valence-electron chi connectivity index (χ1n) is 9.77. The first-order valence-corrected chi connectivity index (χ1v) is 9.77. The van der Waals surface area contributed by atoms with Gasteiger partial charge in [-0.25, -0.2) is 4.39 Å². The van der Waals surface area contributed by atoms with E-state index >= 15 is 0 Å². The Morgan fingerprint density at radius 1 is 0.742 bits per heavy atom. The Hall–Kier alpha value is -4.17. The smallest absolute Gasteiger partial charge is 0.225 e. The molecule has 4 rings (SSSR count). The molecule has 152 valence electrons. The second kappa shape index (κ2) is 9.55. The molecule has 0 aliphatic carbocycles. The molecule has 4 nitrogen and oxygen atoms in total. The summed E-state index contributed by atoms with van der Waals surface area (Å²) in [5, 5.41) is 9.47. The minimum atomic E-state index is -0.470. The summed E-state index contributed by atoms with van der Waals surface area (Å²) >= 11 is 0. The van der Waals surface area contributed by atoms with Crippen LogP contribution in [0.2, 0.25) is 0 Å². The average molecular weight is 410 g/mol. The van der Waals surface area contributed by atoms with Crippen molar-refractivity contribution in [2.45, 2.75) is 13.2 Å². The van der Waals surface area contributed by atoms with Gasteiger partial charge in [0.2, 0.25) is 11.8 Å². The van der Waals surface area contributed by atoms with Gasteiger partial charge < -0.3 is 9.47 Å². The lowest BCUT2D eigenvalue weighted by atomic mass is 10.0. The molecule has 5 heteroatoms. The van der Waals surface area contributed by atoms with Crippen LogP contribution >= 0.6 is 0 Å². The highest BCUT2D eigenvalue weighted by atomic mass is 19.1. The van der Waals surface area contributed by atoms with E-state index in [-0.39, 0.29) is 5.56 Å². The maximum absolute atomic E-state index is 13.6. The molecule has 1 heterocycles. The van der Waals surface area contributed by atoms with E-state index in [0.717, 1.165) is 11.1 Å². The number of halogens is 1. The topological polar surface area (TPSA) is 55.1 Å².